The Labute approximate surface area is 214 Å². The molecule has 1 aromatic heterocycles. The molecule has 1 saturated carbocycles. The molecule has 0 radical (unpaired) electrons. The molecular formula is C24H38IN7O. The number of hydrogen-bond donors (Lipinski definition) is 2. The minimum absolute atomic E-state index is 0. The van der Waals surface area contributed by atoms with Gasteiger partial charge < -0.3 is 20.3 Å². The fourth-order valence-corrected chi connectivity index (χ4v) is 4.77. The first-order chi connectivity index (χ1) is 15.7. The summed E-state index contributed by atoms with van der Waals surface area (Å²) in [6, 6.07) is 9.88. The molecule has 1 aromatic carbocycles. The molecule has 0 bridgehead atoms. The number of ether oxygens (including phenoxy) is 1. The summed E-state index contributed by atoms with van der Waals surface area (Å²) in [5, 5.41) is 11.5. The standard InChI is InChI=1S/C24H37N7O.HI/c1-25-24(27-19-11-14-23-28-22(17-32-3)29-31(23)16-19)26-15-18-9-12-21(13-10-18)30(2)20-7-5-4-6-8-20;/h9-10,12-13,19-20H,4-8,11,14-17H2,1-3H3,(H2,25,26,27);1H. The van der Waals surface area contributed by atoms with E-state index in [1.807, 2.05) is 11.7 Å². The first-order valence-electron chi connectivity index (χ1n) is 11.9. The van der Waals surface area contributed by atoms with Crippen molar-refractivity contribution in [2.75, 3.05) is 26.1 Å². The van der Waals surface area contributed by atoms with E-state index in [-0.39, 0.29) is 30.0 Å². The van der Waals surface area contributed by atoms with Gasteiger partial charge in [0.1, 0.15) is 12.4 Å². The third-order valence-electron chi connectivity index (χ3n) is 6.67. The lowest BCUT2D eigenvalue weighted by molar-refractivity contribution is 0.177. The summed E-state index contributed by atoms with van der Waals surface area (Å²) >= 11 is 0. The molecule has 0 spiro atoms. The third kappa shape index (κ3) is 6.81. The van der Waals surface area contributed by atoms with Gasteiger partial charge in [-0.3, -0.25) is 4.99 Å². The summed E-state index contributed by atoms with van der Waals surface area (Å²) in [7, 11) is 5.72. The molecule has 4 rings (SSSR count). The molecule has 2 aliphatic rings. The zero-order chi connectivity index (χ0) is 22.3. The summed E-state index contributed by atoms with van der Waals surface area (Å²) in [5.74, 6) is 2.61. The van der Waals surface area contributed by atoms with E-state index in [0.717, 1.165) is 43.5 Å². The van der Waals surface area contributed by atoms with Crippen LogP contribution in [0.1, 0.15) is 55.7 Å². The number of guanidine groups is 1. The van der Waals surface area contributed by atoms with E-state index < -0.39 is 0 Å². The number of rotatable bonds is 7. The smallest absolute Gasteiger partial charge is 0.191 e. The highest BCUT2D eigenvalue weighted by molar-refractivity contribution is 14.0. The number of benzene rings is 1. The number of hydrogen-bond acceptors (Lipinski definition) is 5. The van der Waals surface area contributed by atoms with E-state index in [1.54, 1.807) is 7.11 Å². The zero-order valence-corrected chi connectivity index (χ0v) is 22.4. The predicted octanol–water partition coefficient (Wildman–Crippen LogP) is 3.49. The van der Waals surface area contributed by atoms with Crippen molar-refractivity contribution in [1.29, 1.82) is 0 Å². The molecule has 1 aliphatic heterocycles. The molecule has 33 heavy (non-hydrogen) atoms. The van der Waals surface area contributed by atoms with Gasteiger partial charge in [0, 0.05) is 51.9 Å². The Kier molecular flexibility index (Phi) is 9.78. The fraction of sp³-hybridized carbons (Fsp3) is 0.625. The first-order valence-corrected chi connectivity index (χ1v) is 11.9. The Morgan fingerprint density at radius 2 is 1.94 bits per heavy atom. The summed E-state index contributed by atoms with van der Waals surface area (Å²) < 4.78 is 7.14. The molecule has 0 saturated heterocycles. The van der Waals surface area contributed by atoms with Crippen molar-refractivity contribution < 1.29 is 4.74 Å². The van der Waals surface area contributed by atoms with Crippen molar-refractivity contribution in [3.8, 4) is 0 Å². The molecule has 1 aliphatic carbocycles. The minimum Gasteiger partial charge on any atom is -0.377 e. The molecule has 0 amide bonds. The third-order valence-corrected chi connectivity index (χ3v) is 6.67. The quantitative estimate of drug-likeness (QED) is 0.303. The maximum absolute atomic E-state index is 5.15. The molecule has 2 N–H and O–H groups in total. The van der Waals surface area contributed by atoms with Crippen LogP contribution in [0.2, 0.25) is 0 Å². The number of halogens is 1. The lowest BCUT2D eigenvalue weighted by Gasteiger charge is -2.33. The van der Waals surface area contributed by atoms with Gasteiger partial charge in [0.05, 0.1) is 6.54 Å². The fourth-order valence-electron chi connectivity index (χ4n) is 4.77. The van der Waals surface area contributed by atoms with Crippen LogP contribution in [-0.4, -0.2) is 54.0 Å². The molecule has 8 nitrogen and oxygen atoms in total. The number of fused-ring (bicyclic) bond motifs is 1. The summed E-state index contributed by atoms with van der Waals surface area (Å²) in [5.41, 5.74) is 2.56. The van der Waals surface area contributed by atoms with Gasteiger partial charge >= 0.3 is 0 Å². The van der Waals surface area contributed by atoms with E-state index in [4.69, 9.17) is 4.74 Å². The highest BCUT2D eigenvalue weighted by Crippen LogP contribution is 2.26. The maximum Gasteiger partial charge on any atom is 0.191 e. The van der Waals surface area contributed by atoms with Gasteiger partial charge in [0.25, 0.3) is 0 Å². The monoisotopic (exact) mass is 567 g/mol. The Bertz CT molecular complexity index is 893. The second-order valence-corrected chi connectivity index (χ2v) is 8.93. The van der Waals surface area contributed by atoms with Crippen LogP contribution in [0, 0.1) is 0 Å². The van der Waals surface area contributed by atoms with Gasteiger partial charge in [0.2, 0.25) is 0 Å². The highest BCUT2D eigenvalue weighted by Gasteiger charge is 2.22. The van der Waals surface area contributed by atoms with E-state index >= 15 is 0 Å². The van der Waals surface area contributed by atoms with Crippen LogP contribution in [0.5, 0.6) is 0 Å². The second kappa shape index (κ2) is 12.5. The van der Waals surface area contributed by atoms with Crippen molar-refractivity contribution in [2.24, 2.45) is 4.99 Å². The van der Waals surface area contributed by atoms with Gasteiger partial charge in [-0.1, -0.05) is 31.4 Å². The van der Waals surface area contributed by atoms with Crippen molar-refractivity contribution in [1.82, 2.24) is 25.4 Å². The van der Waals surface area contributed by atoms with E-state index in [0.29, 0.717) is 12.6 Å². The number of aryl methyl sites for hydroxylation is 1. The minimum atomic E-state index is 0. The molecule has 9 heteroatoms. The van der Waals surface area contributed by atoms with Gasteiger partial charge in [0.15, 0.2) is 11.8 Å². The van der Waals surface area contributed by atoms with E-state index in [9.17, 15) is 0 Å². The molecule has 2 heterocycles. The average Bonchev–Trinajstić information content (AvgIpc) is 3.24. The normalized spacial score (nSPS) is 18.9. The number of anilines is 1. The Hall–Kier alpha value is -1.88. The molecule has 1 atom stereocenters. The number of aliphatic imine (C=N–C) groups is 1. The topological polar surface area (TPSA) is 79.6 Å². The van der Waals surface area contributed by atoms with Gasteiger partial charge in [-0.25, -0.2) is 9.67 Å². The molecule has 182 valence electrons. The second-order valence-electron chi connectivity index (χ2n) is 8.93. The molecule has 2 aromatic rings. The van der Waals surface area contributed by atoms with Crippen LogP contribution < -0.4 is 15.5 Å². The van der Waals surface area contributed by atoms with Crippen LogP contribution in [0.4, 0.5) is 5.69 Å². The average molecular weight is 568 g/mol. The van der Waals surface area contributed by atoms with Gasteiger partial charge in [-0.15, -0.1) is 24.0 Å². The molecule has 1 unspecified atom stereocenters. The molecular weight excluding hydrogens is 529 g/mol. The van der Waals surface area contributed by atoms with Crippen molar-refractivity contribution >= 4 is 35.6 Å². The number of aromatic nitrogens is 3. The van der Waals surface area contributed by atoms with Crippen LogP contribution in [0.3, 0.4) is 0 Å². The largest absolute Gasteiger partial charge is 0.377 e. The number of methoxy groups -OCH3 is 1. The Morgan fingerprint density at radius 3 is 2.64 bits per heavy atom. The highest BCUT2D eigenvalue weighted by atomic mass is 127. The zero-order valence-electron chi connectivity index (χ0n) is 20.1. The van der Waals surface area contributed by atoms with E-state index in [2.05, 4.69) is 61.9 Å². The van der Waals surface area contributed by atoms with Crippen molar-refractivity contribution in [3.63, 3.8) is 0 Å². The number of nitrogens with zero attached hydrogens (tertiary/aromatic N) is 5. The predicted molar refractivity (Wildman–Crippen MR) is 143 cm³/mol. The van der Waals surface area contributed by atoms with Gasteiger partial charge in [-0.2, -0.15) is 5.10 Å². The van der Waals surface area contributed by atoms with Crippen molar-refractivity contribution in [3.05, 3.63) is 41.5 Å². The van der Waals surface area contributed by atoms with Gasteiger partial charge in [-0.05, 0) is 37.0 Å². The van der Waals surface area contributed by atoms with Crippen LogP contribution in [-0.2, 0) is 30.9 Å². The lowest BCUT2D eigenvalue weighted by Crippen LogP contribution is -2.46. The summed E-state index contributed by atoms with van der Waals surface area (Å²) in [6.07, 6.45) is 8.64. The summed E-state index contributed by atoms with van der Waals surface area (Å²) in [6.45, 7) is 1.98. The lowest BCUT2D eigenvalue weighted by atomic mass is 9.94. The number of nitrogens with one attached hydrogen (secondary N) is 2. The SMILES string of the molecule is CN=C(NCc1ccc(N(C)C2CCCCC2)cc1)NC1CCc2nc(COC)nn2C1.I. The van der Waals surface area contributed by atoms with Crippen LogP contribution >= 0.6 is 24.0 Å². The van der Waals surface area contributed by atoms with E-state index in [1.165, 1.54) is 43.4 Å². The maximum atomic E-state index is 5.15. The van der Waals surface area contributed by atoms with Crippen molar-refractivity contribution in [2.45, 2.75) is 76.7 Å². The Morgan fingerprint density at radius 1 is 1.18 bits per heavy atom. The first kappa shape index (κ1) is 25.7. The van der Waals surface area contributed by atoms with Crippen LogP contribution in [0.15, 0.2) is 29.3 Å². The Balaban J connectivity index is 0.00000306. The summed E-state index contributed by atoms with van der Waals surface area (Å²) in [4.78, 5) is 11.4. The molecule has 1 fully saturated rings. The van der Waals surface area contributed by atoms with Crippen LogP contribution in [0.25, 0.3) is 0 Å².